The van der Waals surface area contributed by atoms with Gasteiger partial charge < -0.3 is 24.2 Å². The molecule has 0 aliphatic heterocycles. The normalized spacial score (nSPS) is 14.2. The fourth-order valence-corrected chi connectivity index (χ4v) is 8.61. The lowest BCUT2D eigenvalue weighted by molar-refractivity contribution is -0.161. The first-order chi connectivity index (χ1) is 39.2. The van der Waals surface area contributed by atoms with Gasteiger partial charge in [-0.05, 0) is 128 Å². The van der Waals surface area contributed by atoms with E-state index in [2.05, 4.69) is 142 Å². The van der Waals surface area contributed by atoms with E-state index in [9.17, 15) is 28.9 Å². The van der Waals surface area contributed by atoms with Crippen molar-refractivity contribution in [3.63, 3.8) is 0 Å². The molecule has 0 amide bonds. The molecule has 0 heterocycles. The molecule has 11 nitrogen and oxygen atoms in total. The van der Waals surface area contributed by atoms with Crippen LogP contribution in [0.3, 0.4) is 0 Å². The molecule has 3 unspecified atom stereocenters. The lowest BCUT2D eigenvalue weighted by Gasteiger charge is -2.21. The van der Waals surface area contributed by atoms with Crippen LogP contribution in [0.25, 0.3) is 0 Å². The zero-order valence-electron chi connectivity index (χ0n) is 50.2. The number of aliphatic hydroxyl groups is 1. The number of rotatable bonds is 56. The number of hydrogen-bond acceptors (Lipinski definition) is 10. The summed E-state index contributed by atoms with van der Waals surface area (Å²) >= 11 is 0. The van der Waals surface area contributed by atoms with E-state index in [1.807, 2.05) is 12.2 Å². The molecule has 0 aromatic rings. The summed E-state index contributed by atoms with van der Waals surface area (Å²) in [6.07, 6.45) is 77.0. The second-order valence-electron chi connectivity index (χ2n) is 20.1. The Bertz CT molecular complexity index is 1850. The van der Waals surface area contributed by atoms with Crippen LogP contribution in [0.5, 0.6) is 0 Å². The van der Waals surface area contributed by atoms with E-state index in [0.29, 0.717) is 25.7 Å². The average Bonchev–Trinajstić information content (AvgIpc) is 3.45. The van der Waals surface area contributed by atoms with Crippen LogP contribution >= 0.6 is 7.82 Å². The summed E-state index contributed by atoms with van der Waals surface area (Å²) in [5.74, 6) is -1.61. The molecule has 0 aliphatic rings. The maximum absolute atomic E-state index is 12.9. The smallest absolute Gasteiger partial charge is 0.462 e. The van der Waals surface area contributed by atoms with E-state index in [1.54, 1.807) is 0 Å². The summed E-state index contributed by atoms with van der Waals surface area (Å²) in [6.45, 7) is 4.36. The topological polar surface area (TPSA) is 155 Å². The second-order valence-corrected chi connectivity index (χ2v) is 21.6. The molecule has 12 heteroatoms. The number of phosphoric ester groups is 1. The molecule has 0 aromatic carbocycles. The summed E-state index contributed by atoms with van der Waals surface area (Å²) in [5.41, 5.74) is 0. The molecule has 0 bridgehead atoms. The molecule has 0 aromatic heterocycles. The first-order valence-corrected chi connectivity index (χ1v) is 32.6. The van der Waals surface area contributed by atoms with Crippen molar-refractivity contribution in [3.8, 4) is 0 Å². The van der Waals surface area contributed by atoms with Crippen molar-refractivity contribution in [2.24, 2.45) is 0 Å². The maximum Gasteiger partial charge on any atom is 0.472 e. The van der Waals surface area contributed by atoms with Crippen molar-refractivity contribution in [2.45, 2.75) is 251 Å². The van der Waals surface area contributed by atoms with E-state index in [-0.39, 0.29) is 25.9 Å². The van der Waals surface area contributed by atoms with E-state index >= 15 is 0 Å². The van der Waals surface area contributed by atoms with Gasteiger partial charge in [-0.1, -0.05) is 225 Å². The quantitative estimate of drug-likeness (QED) is 0.0197. The van der Waals surface area contributed by atoms with Crippen LogP contribution in [-0.2, 0) is 42.2 Å². The van der Waals surface area contributed by atoms with Gasteiger partial charge in [0.15, 0.2) is 6.10 Å². The molecule has 0 aliphatic carbocycles. The second kappa shape index (κ2) is 60.7. The molecule has 0 spiro atoms. The number of hydrogen-bond donors (Lipinski definition) is 2. The van der Waals surface area contributed by atoms with Gasteiger partial charge in [-0.3, -0.25) is 23.4 Å². The van der Waals surface area contributed by atoms with E-state index in [4.69, 9.17) is 23.3 Å². The molecule has 2 N–H and O–H groups in total. The third-order valence-corrected chi connectivity index (χ3v) is 13.5. The molecule has 0 radical (unpaired) electrons. The Hall–Kier alpha value is -4.38. The molecular formula is C68H111O11P. The van der Waals surface area contributed by atoms with Crippen LogP contribution in [0.15, 0.2) is 134 Å². The Morgan fingerprint density at radius 2 is 0.675 bits per heavy atom. The third-order valence-electron chi connectivity index (χ3n) is 12.5. The number of carbonyl (C=O) groups is 3. The van der Waals surface area contributed by atoms with Crippen molar-refractivity contribution in [3.05, 3.63) is 134 Å². The number of ether oxygens (including phenoxy) is 3. The van der Waals surface area contributed by atoms with E-state index < -0.39 is 57.8 Å². The van der Waals surface area contributed by atoms with E-state index in [1.165, 1.54) is 44.9 Å². The summed E-state index contributed by atoms with van der Waals surface area (Å²) in [5, 5.41) is 9.85. The van der Waals surface area contributed by atoms with E-state index in [0.717, 1.165) is 128 Å². The highest BCUT2D eigenvalue weighted by atomic mass is 31.2. The predicted molar refractivity (Wildman–Crippen MR) is 334 cm³/mol. The lowest BCUT2D eigenvalue weighted by atomic mass is 10.1. The molecule has 80 heavy (non-hydrogen) atoms. The molecule has 0 saturated heterocycles. The van der Waals surface area contributed by atoms with Crippen molar-refractivity contribution in [1.82, 2.24) is 0 Å². The highest BCUT2D eigenvalue weighted by Gasteiger charge is 2.28. The Morgan fingerprint density at radius 1 is 0.362 bits per heavy atom. The Kier molecular flexibility index (Phi) is 57.4. The summed E-state index contributed by atoms with van der Waals surface area (Å²) in [4.78, 5) is 48.7. The summed E-state index contributed by atoms with van der Waals surface area (Å²) < 4.78 is 39.5. The lowest BCUT2D eigenvalue weighted by Crippen LogP contribution is -2.30. The van der Waals surface area contributed by atoms with Gasteiger partial charge in [0, 0.05) is 19.3 Å². The predicted octanol–water partition coefficient (Wildman–Crippen LogP) is 18.9. The third kappa shape index (κ3) is 58.3. The SMILES string of the molecule is CC/C=C\C/C=C\C/C=C\C/C=C\C/C=C\C/C=C\CCC(=O)OC(COC(=O)CCCCCCC/C=C\C/C=C\CCCCC)COP(=O)(O)OCC(CO)OC(=O)CCCCCCCC/C=C\C/C=C\C/C=C\CCCCC. The average molecular weight is 1140 g/mol. The highest BCUT2D eigenvalue weighted by molar-refractivity contribution is 7.47. The van der Waals surface area contributed by atoms with Gasteiger partial charge >= 0.3 is 25.7 Å². The number of carbonyl (C=O) groups excluding carboxylic acids is 3. The number of unbranched alkanes of at least 4 members (excludes halogenated alkanes) is 17. The van der Waals surface area contributed by atoms with Gasteiger partial charge in [-0.25, -0.2) is 4.57 Å². The molecule has 0 rings (SSSR count). The first kappa shape index (κ1) is 75.6. The maximum atomic E-state index is 12.9. The standard InChI is InChI=1S/C68H111O11P/c1-4-7-10-13-16-19-22-25-28-30-32-34-37-40-43-46-49-52-55-58-67(71)78-64(60-69)62-76-80(73,74)77-63-65(61-75-66(70)57-54-51-48-45-42-39-36-27-24-21-18-15-12-9-6-3)79-68(72)59-56-53-50-47-44-41-38-35-33-31-29-26-23-20-17-14-11-8-5-2/h8,11,16-21,25-29,32-36,41,44,50,53,64-65,69H,4-7,9-10,12-15,22-24,30-31,37-40,42-43,45-49,51-52,54-63H2,1-3H3,(H,73,74)/b11-8-,19-16-,20-17-,21-18-,28-25-,29-26-,34-32-,35-33-,36-27-,44-41-,53-50-. The van der Waals surface area contributed by atoms with Crippen LogP contribution in [0.2, 0.25) is 0 Å². The minimum atomic E-state index is -4.79. The Morgan fingerprint density at radius 3 is 1.07 bits per heavy atom. The molecular weight excluding hydrogens is 1020 g/mol. The van der Waals surface area contributed by atoms with Crippen LogP contribution in [0, 0.1) is 0 Å². The minimum absolute atomic E-state index is 0.0315. The first-order valence-electron chi connectivity index (χ1n) is 31.1. The van der Waals surface area contributed by atoms with Gasteiger partial charge in [0.25, 0.3) is 0 Å². The van der Waals surface area contributed by atoms with Gasteiger partial charge in [0.05, 0.1) is 19.8 Å². The van der Waals surface area contributed by atoms with Crippen molar-refractivity contribution < 1.29 is 52.2 Å². The molecule has 454 valence electrons. The Labute approximate surface area is 487 Å². The highest BCUT2D eigenvalue weighted by Crippen LogP contribution is 2.43. The van der Waals surface area contributed by atoms with Crippen molar-refractivity contribution in [1.29, 1.82) is 0 Å². The fourth-order valence-electron chi connectivity index (χ4n) is 7.83. The molecule has 3 atom stereocenters. The number of esters is 3. The Balaban J connectivity index is 4.84. The molecule has 0 fully saturated rings. The van der Waals surface area contributed by atoms with Crippen LogP contribution in [-0.4, -0.2) is 66.5 Å². The molecule has 0 saturated carbocycles. The van der Waals surface area contributed by atoms with Gasteiger partial charge in [0.1, 0.15) is 12.7 Å². The zero-order chi connectivity index (χ0) is 58.3. The number of allylic oxidation sites excluding steroid dienone is 22. The monoisotopic (exact) mass is 1130 g/mol. The van der Waals surface area contributed by atoms with Gasteiger partial charge in [-0.2, -0.15) is 0 Å². The van der Waals surface area contributed by atoms with Crippen molar-refractivity contribution >= 4 is 25.7 Å². The van der Waals surface area contributed by atoms with Crippen molar-refractivity contribution in [2.75, 3.05) is 26.4 Å². The van der Waals surface area contributed by atoms with Gasteiger partial charge in [0.2, 0.25) is 0 Å². The largest absolute Gasteiger partial charge is 0.472 e. The summed E-state index contributed by atoms with van der Waals surface area (Å²) in [7, 11) is -4.79. The minimum Gasteiger partial charge on any atom is -0.462 e. The fraction of sp³-hybridized carbons (Fsp3) is 0.632. The van der Waals surface area contributed by atoms with Crippen LogP contribution in [0.1, 0.15) is 239 Å². The van der Waals surface area contributed by atoms with Crippen LogP contribution < -0.4 is 0 Å². The van der Waals surface area contributed by atoms with Gasteiger partial charge in [-0.15, -0.1) is 0 Å². The number of aliphatic hydroxyl groups excluding tert-OH is 1. The number of phosphoric acid groups is 1. The summed E-state index contributed by atoms with van der Waals surface area (Å²) in [6, 6.07) is 0. The zero-order valence-corrected chi connectivity index (χ0v) is 51.1. The van der Waals surface area contributed by atoms with Crippen LogP contribution in [0.4, 0.5) is 0 Å².